The van der Waals surface area contributed by atoms with Crippen LogP contribution in [0.25, 0.3) is 6.08 Å². The Hall–Kier alpha value is -3.41. The van der Waals surface area contributed by atoms with E-state index in [-0.39, 0.29) is 30.2 Å². The second-order valence-corrected chi connectivity index (χ2v) is 6.62. The first-order valence-corrected chi connectivity index (χ1v) is 9.23. The molecule has 1 heterocycles. The molecule has 2 aromatic carbocycles. The van der Waals surface area contributed by atoms with Crippen molar-refractivity contribution in [2.45, 2.75) is 32.7 Å². The summed E-state index contributed by atoms with van der Waals surface area (Å²) < 4.78 is 0. The number of nitrogens with one attached hydrogen (secondary N) is 2. The zero-order valence-electron chi connectivity index (χ0n) is 15.9. The van der Waals surface area contributed by atoms with E-state index in [1.165, 1.54) is 6.92 Å². The first kappa shape index (κ1) is 19.4. The van der Waals surface area contributed by atoms with Gasteiger partial charge in [0.25, 0.3) is 0 Å². The van der Waals surface area contributed by atoms with Crippen LogP contribution in [-0.4, -0.2) is 22.6 Å². The fourth-order valence-corrected chi connectivity index (χ4v) is 3.22. The van der Waals surface area contributed by atoms with E-state index in [0.29, 0.717) is 17.8 Å². The molecule has 0 bridgehead atoms. The Morgan fingerprint density at radius 2 is 1.64 bits per heavy atom. The minimum absolute atomic E-state index is 0.0915. The smallest absolute Gasteiger partial charge is 0.226 e. The van der Waals surface area contributed by atoms with Crippen LogP contribution in [0.5, 0.6) is 0 Å². The van der Waals surface area contributed by atoms with Gasteiger partial charge in [-0.1, -0.05) is 37.3 Å². The standard InChI is InChI=1S/C22H23N3O3/c1-3-21(27)23-17-8-6-9-18(13-17)24-22(28)14-20-19-10-5-4-7-16(19)11-12-25(20)15(2)26/h4-13,20H,3,14H2,1-2H3,(H,23,27)(H,24,28)/t20-/m0/s1. The Kier molecular flexibility index (Phi) is 5.89. The molecule has 0 saturated carbocycles. The molecule has 0 saturated heterocycles. The summed E-state index contributed by atoms with van der Waals surface area (Å²) in [4.78, 5) is 37.9. The lowest BCUT2D eigenvalue weighted by molar-refractivity contribution is -0.129. The van der Waals surface area contributed by atoms with E-state index in [4.69, 9.17) is 0 Å². The van der Waals surface area contributed by atoms with Crippen LogP contribution in [-0.2, 0) is 14.4 Å². The summed E-state index contributed by atoms with van der Waals surface area (Å²) in [6.07, 6.45) is 4.12. The van der Waals surface area contributed by atoms with Crippen LogP contribution in [0.15, 0.2) is 54.7 Å². The van der Waals surface area contributed by atoms with Crippen molar-refractivity contribution in [2.75, 3.05) is 10.6 Å². The lowest BCUT2D eigenvalue weighted by Gasteiger charge is -2.32. The molecule has 1 atom stereocenters. The molecule has 28 heavy (non-hydrogen) atoms. The van der Waals surface area contributed by atoms with E-state index in [9.17, 15) is 14.4 Å². The quantitative estimate of drug-likeness (QED) is 0.828. The Balaban J connectivity index is 1.75. The predicted molar refractivity (Wildman–Crippen MR) is 109 cm³/mol. The van der Waals surface area contributed by atoms with Gasteiger partial charge in [0.05, 0.1) is 12.5 Å². The van der Waals surface area contributed by atoms with Crippen molar-refractivity contribution in [2.24, 2.45) is 0 Å². The molecule has 0 radical (unpaired) electrons. The second-order valence-electron chi connectivity index (χ2n) is 6.62. The molecule has 3 rings (SSSR count). The van der Waals surface area contributed by atoms with Gasteiger partial charge in [0.15, 0.2) is 0 Å². The second kappa shape index (κ2) is 8.52. The maximum Gasteiger partial charge on any atom is 0.226 e. The lowest BCUT2D eigenvalue weighted by atomic mass is 9.93. The van der Waals surface area contributed by atoms with Gasteiger partial charge in [-0.05, 0) is 35.4 Å². The number of rotatable bonds is 5. The van der Waals surface area contributed by atoms with Gasteiger partial charge in [-0.3, -0.25) is 14.4 Å². The van der Waals surface area contributed by atoms with E-state index in [1.54, 1.807) is 42.3 Å². The molecule has 0 spiro atoms. The molecule has 1 aliphatic rings. The van der Waals surface area contributed by atoms with E-state index >= 15 is 0 Å². The van der Waals surface area contributed by atoms with Gasteiger partial charge in [-0.15, -0.1) is 0 Å². The van der Waals surface area contributed by atoms with Gasteiger partial charge in [-0.2, -0.15) is 0 Å². The summed E-state index contributed by atoms with van der Waals surface area (Å²) in [5.74, 6) is -0.417. The van der Waals surface area contributed by atoms with Crippen molar-refractivity contribution in [3.8, 4) is 0 Å². The molecule has 6 heteroatoms. The number of hydrogen-bond donors (Lipinski definition) is 2. The van der Waals surface area contributed by atoms with Crippen LogP contribution in [0.3, 0.4) is 0 Å². The SMILES string of the molecule is CCC(=O)Nc1cccc(NC(=O)C[C@H]2c3ccccc3C=CN2C(C)=O)c1. The first-order chi connectivity index (χ1) is 13.5. The number of fused-ring (bicyclic) bond motifs is 1. The lowest BCUT2D eigenvalue weighted by Crippen LogP contribution is -2.33. The average molecular weight is 377 g/mol. The minimum Gasteiger partial charge on any atom is -0.326 e. The van der Waals surface area contributed by atoms with E-state index in [2.05, 4.69) is 10.6 Å². The zero-order chi connectivity index (χ0) is 20.1. The number of carbonyl (C=O) groups is 3. The molecule has 0 aromatic heterocycles. The van der Waals surface area contributed by atoms with Gasteiger partial charge in [0, 0.05) is 30.9 Å². The number of benzene rings is 2. The topological polar surface area (TPSA) is 78.5 Å². The summed E-state index contributed by atoms with van der Waals surface area (Å²) in [6.45, 7) is 3.27. The summed E-state index contributed by atoms with van der Waals surface area (Å²) in [5.41, 5.74) is 3.16. The molecule has 0 fully saturated rings. The monoisotopic (exact) mass is 377 g/mol. The molecule has 2 aromatic rings. The predicted octanol–water partition coefficient (Wildman–Crippen LogP) is 3.94. The molecule has 0 aliphatic carbocycles. The Morgan fingerprint density at radius 1 is 0.964 bits per heavy atom. The van der Waals surface area contributed by atoms with Crippen molar-refractivity contribution < 1.29 is 14.4 Å². The molecule has 0 unspecified atom stereocenters. The van der Waals surface area contributed by atoms with E-state index < -0.39 is 0 Å². The van der Waals surface area contributed by atoms with Crippen LogP contribution in [0.2, 0.25) is 0 Å². The van der Waals surface area contributed by atoms with E-state index in [0.717, 1.165) is 11.1 Å². The van der Waals surface area contributed by atoms with Crippen LogP contribution >= 0.6 is 0 Å². The highest BCUT2D eigenvalue weighted by atomic mass is 16.2. The Labute approximate surface area is 164 Å². The Bertz CT molecular complexity index is 936. The number of anilines is 2. The Morgan fingerprint density at radius 3 is 2.32 bits per heavy atom. The first-order valence-electron chi connectivity index (χ1n) is 9.23. The highest BCUT2D eigenvalue weighted by Gasteiger charge is 2.28. The van der Waals surface area contributed by atoms with Gasteiger partial charge >= 0.3 is 0 Å². The number of carbonyl (C=O) groups excluding carboxylic acids is 3. The summed E-state index contributed by atoms with van der Waals surface area (Å²) >= 11 is 0. The van der Waals surface area contributed by atoms with Crippen LogP contribution in [0.1, 0.15) is 43.9 Å². The van der Waals surface area contributed by atoms with Gasteiger partial charge in [0.1, 0.15) is 0 Å². The van der Waals surface area contributed by atoms with Crippen molar-refractivity contribution >= 4 is 35.2 Å². The number of amides is 3. The third kappa shape index (κ3) is 4.46. The molecule has 2 N–H and O–H groups in total. The van der Waals surface area contributed by atoms with Gasteiger partial charge in [-0.25, -0.2) is 0 Å². The third-order valence-corrected chi connectivity index (χ3v) is 4.60. The van der Waals surface area contributed by atoms with Gasteiger partial charge < -0.3 is 15.5 Å². The van der Waals surface area contributed by atoms with Crippen molar-refractivity contribution in [3.05, 3.63) is 65.9 Å². The molecule has 144 valence electrons. The molecule has 6 nitrogen and oxygen atoms in total. The van der Waals surface area contributed by atoms with Crippen molar-refractivity contribution in [3.63, 3.8) is 0 Å². The maximum absolute atomic E-state index is 12.7. The number of hydrogen-bond acceptors (Lipinski definition) is 3. The number of nitrogens with zero attached hydrogens (tertiary/aromatic N) is 1. The van der Waals surface area contributed by atoms with Crippen molar-refractivity contribution in [1.29, 1.82) is 0 Å². The van der Waals surface area contributed by atoms with Crippen molar-refractivity contribution in [1.82, 2.24) is 4.90 Å². The highest BCUT2D eigenvalue weighted by molar-refractivity contribution is 5.94. The minimum atomic E-state index is -0.360. The van der Waals surface area contributed by atoms with Crippen LogP contribution < -0.4 is 10.6 Å². The highest BCUT2D eigenvalue weighted by Crippen LogP contribution is 2.33. The normalized spacial score (nSPS) is 14.9. The summed E-state index contributed by atoms with van der Waals surface area (Å²) in [6, 6.07) is 14.4. The molecular weight excluding hydrogens is 354 g/mol. The van der Waals surface area contributed by atoms with Crippen LogP contribution in [0.4, 0.5) is 11.4 Å². The molecular formula is C22H23N3O3. The zero-order valence-corrected chi connectivity index (χ0v) is 15.9. The maximum atomic E-state index is 12.7. The largest absolute Gasteiger partial charge is 0.326 e. The summed E-state index contributed by atoms with van der Waals surface area (Å²) in [5, 5.41) is 5.63. The molecule has 3 amide bonds. The average Bonchev–Trinajstić information content (AvgIpc) is 2.68. The van der Waals surface area contributed by atoms with Gasteiger partial charge in [0.2, 0.25) is 17.7 Å². The fourth-order valence-electron chi connectivity index (χ4n) is 3.22. The van der Waals surface area contributed by atoms with E-state index in [1.807, 2.05) is 30.3 Å². The third-order valence-electron chi connectivity index (χ3n) is 4.60. The van der Waals surface area contributed by atoms with Crippen LogP contribution in [0, 0.1) is 0 Å². The molecule has 1 aliphatic heterocycles. The fraction of sp³-hybridized carbons (Fsp3) is 0.227. The summed E-state index contributed by atoms with van der Waals surface area (Å²) in [7, 11) is 0.